The van der Waals surface area contributed by atoms with Gasteiger partial charge in [0.25, 0.3) is 0 Å². The van der Waals surface area contributed by atoms with E-state index in [1.54, 1.807) is 12.1 Å². The summed E-state index contributed by atoms with van der Waals surface area (Å²) in [6.07, 6.45) is 12.6. The zero-order valence-corrected chi connectivity index (χ0v) is 13.5. The molecular formula is C20H25O2. The maximum atomic E-state index is 10.8. The molecule has 0 unspecified atom stereocenters. The summed E-state index contributed by atoms with van der Waals surface area (Å²) in [5.74, 6) is 6.14. The van der Waals surface area contributed by atoms with E-state index in [4.69, 9.17) is 0 Å². The average Bonchev–Trinajstić information content (AvgIpc) is 2.56. The first-order chi connectivity index (χ1) is 10.8. The summed E-state index contributed by atoms with van der Waals surface area (Å²) < 4.78 is 0. The summed E-state index contributed by atoms with van der Waals surface area (Å²) in [7, 11) is 0. The van der Waals surface area contributed by atoms with Gasteiger partial charge in [0.1, 0.15) is 0 Å². The lowest BCUT2D eigenvalue weighted by Gasteiger charge is -1.99. The molecule has 0 aliphatic rings. The number of hydrogen-bond donors (Lipinski definition) is 0. The number of carbonyl (C=O) groups excluding carboxylic acids is 2. The first-order valence-electron chi connectivity index (χ1n) is 8.26. The Balaban J connectivity index is 2.27. The Bertz CT molecular complexity index is 494. The fourth-order valence-corrected chi connectivity index (χ4v) is 2.33. The fraction of sp³-hybridized carbons (Fsp3) is 0.500. The van der Waals surface area contributed by atoms with Gasteiger partial charge in [-0.05, 0) is 18.6 Å². The van der Waals surface area contributed by atoms with E-state index < -0.39 is 0 Å². The quantitative estimate of drug-likeness (QED) is 0.346. The second kappa shape index (κ2) is 11.7. The highest BCUT2D eigenvalue weighted by Crippen LogP contribution is 2.09. The summed E-state index contributed by atoms with van der Waals surface area (Å²) in [5.41, 5.74) is 1.46. The van der Waals surface area contributed by atoms with Gasteiger partial charge in [-0.3, -0.25) is 9.59 Å². The zero-order chi connectivity index (χ0) is 16.0. The third-order valence-corrected chi connectivity index (χ3v) is 3.55. The third kappa shape index (κ3) is 7.78. The van der Waals surface area contributed by atoms with Crippen LogP contribution in [0.4, 0.5) is 0 Å². The van der Waals surface area contributed by atoms with Crippen LogP contribution >= 0.6 is 0 Å². The smallest absolute Gasteiger partial charge is 0.150 e. The van der Waals surface area contributed by atoms with E-state index in [0.717, 1.165) is 12.8 Å². The average molecular weight is 297 g/mol. The molecule has 0 spiro atoms. The molecule has 1 aromatic carbocycles. The molecule has 1 rings (SSSR count). The van der Waals surface area contributed by atoms with Gasteiger partial charge in [-0.2, -0.15) is 0 Å². The third-order valence-electron chi connectivity index (χ3n) is 3.55. The van der Waals surface area contributed by atoms with Crippen LogP contribution in [0.2, 0.25) is 0 Å². The van der Waals surface area contributed by atoms with Crippen molar-refractivity contribution in [3.8, 4) is 11.8 Å². The number of carbonyl (C=O) groups is 2. The first-order valence-corrected chi connectivity index (χ1v) is 8.26. The second-order valence-electron chi connectivity index (χ2n) is 5.54. The highest BCUT2D eigenvalue weighted by Gasteiger charge is 1.98. The molecule has 2 nitrogen and oxygen atoms in total. The molecule has 1 radical (unpaired) electrons. The molecular weight excluding hydrogens is 272 g/mol. The van der Waals surface area contributed by atoms with Crippen molar-refractivity contribution in [3.05, 3.63) is 34.9 Å². The number of benzene rings is 1. The van der Waals surface area contributed by atoms with Crippen LogP contribution in [0.3, 0.4) is 0 Å². The lowest BCUT2D eigenvalue weighted by Crippen LogP contribution is -1.89. The Labute approximate surface area is 134 Å². The van der Waals surface area contributed by atoms with E-state index in [9.17, 15) is 9.59 Å². The van der Waals surface area contributed by atoms with Crippen molar-refractivity contribution >= 4 is 12.6 Å². The standard InChI is InChI=1S/C20H25O2/c1-2-3-4-5-6-7-8-9-10-11-12-18-13-19(16-21)15-20(14-18)17-22/h13-14,16-17H,2-10H2,1H3. The van der Waals surface area contributed by atoms with Crippen molar-refractivity contribution in [1.82, 2.24) is 0 Å². The molecule has 2 heteroatoms. The minimum Gasteiger partial charge on any atom is -0.298 e. The van der Waals surface area contributed by atoms with Gasteiger partial charge in [-0.25, -0.2) is 0 Å². The van der Waals surface area contributed by atoms with Crippen molar-refractivity contribution in [1.29, 1.82) is 0 Å². The number of aldehydes is 2. The van der Waals surface area contributed by atoms with Crippen molar-refractivity contribution in [3.63, 3.8) is 0 Å². The van der Waals surface area contributed by atoms with Gasteiger partial charge in [-0.15, -0.1) is 0 Å². The molecule has 0 fully saturated rings. The Kier molecular flexibility index (Phi) is 9.70. The highest BCUT2D eigenvalue weighted by molar-refractivity contribution is 5.82. The van der Waals surface area contributed by atoms with Crippen LogP contribution in [0.25, 0.3) is 0 Å². The minimum atomic E-state index is 0.376. The van der Waals surface area contributed by atoms with Crippen LogP contribution in [0.15, 0.2) is 12.1 Å². The SMILES string of the molecule is CCCCCCCCCCC#Cc1cc(C=O)[c]c(C=O)c1. The largest absolute Gasteiger partial charge is 0.298 e. The van der Waals surface area contributed by atoms with Crippen LogP contribution in [0, 0.1) is 17.9 Å². The maximum Gasteiger partial charge on any atom is 0.150 e. The lowest BCUT2D eigenvalue weighted by atomic mass is 10.1. The van der Waals surface area contributed by atoms with Gasteiger partial charge in [0, 0.05) is 29.2 Å². The summed E-state index contributed by atoms with van der Waals surface area (Å²) >= 11 is 0. The van der Waals surface area contributed by atoms with E-state index in [-0.39, 0.29) is 0 Å². The van der Waals surface area contributed by atoms with Crippen LogP contribution in [-0.4, -0.2) is 12.6 Å². The van der Waals surface area contributed by atoms with E-state index in [0.29, 0.717) is 29.3 Å². The molecule has 0 heterocycles. The predicted octanol–water partition coefficient (Wildman–Crippen LogP) is 4.99. The fourth-order valence-electron chi connectivity index (χ4n) is 2.33. The molecule has 0 aliphatic heterocycles. The Morgan fingerprint density at radius 1 is 0.909 bits per heavy atom. The monoisotopic (exact) mass is 297 g/mol. The van der Waals surface area contributed by atoms with Gasteiger partial charge in [0.2, 0.25) is 0 Å². The van der Waals surface area contributed by atoms with Crippen molar-refractivity contribution < 1.29 is 9.59 Å². The molecule has 22 heavy (non-hydrogen) atoms. The van der Waals surface area contributed by atoms with Gasteiger partial charge in [-0.1, -0.05) is 63.7 Å². The van der Waals surface area contributed by atoms with Crippen molar-refractivity contribution in [2.45, 2.75) is 64.7 Å². The molecule has 0 atom stereocenters. The lowest BCUT2D eigenvalue weighted by molar-refractivity contribution is 0.112. The molecule has 0 aromatic heterocycles. The van der Waals surface area contributed by atoms with Crippen LogP contribution in [0.5, 0.6) is 0 Å². The second-order valence-corrected chi connectivity index (χ2v) is 5.54. The molecule has 117 valence electrons. The molecule has 0 saturated carbocycles. The van der Waals surface area contributed by atoms with E-state index in [2.05, 4.69) is 24.8 Å². The summed E-state index contributed by atoms with van der Waals surface area (Å²) in [6.45, 7) is 2.24. The van der Waals surface area contributed by atoms with Gasteiger partial charge < -0.3 is 0 Å². The molecule has 0 N–H and O–H groups in total. The molecule has 0 saturated heterocycles. The maximum absolute atomic E-state index is 10.8. The molecule has 0 bridgehead atoms. The van der Waals surface area contributed by atoms with Crippen molar-refractivity contribution in [2.24, 2.45) is 0 Å². The summed E-state index contributed by atoms with van der Waals surface area (Å²) in [6, 6.07) is 6.05. The predicted molar refractivity (Wildman–Crippen MR) is 90.2 cm³/mol. The van der Waals surface area contributed by atoms with Gasteiger partial charge in [0.05, 0.1) is 0 Å². The summed E-state index contributed by atoms with van der Waals surface area (Å²) in [4.78, 5) is 21.5. The topological polar surface area (TPSA) is 34.1 Å². The van der Waals surface area contributed by atoms with Crippen LogP contribution < -0.4 is 0 Å². The zero-order valence-electron chi connectivity index (χ0n) is 13.5. The number of unbranched alkanes of at least 4 members (excludes halogenated alkanes) is 8. The Morgan fingerprint density at radius 2 is 1.45 bits per heavy atom. The Morgan fingerprint density at radius 3 is 2.00 bits per heavy atom. The first kappa shape index (κ1) is 18.2. The minimum absolute atomic E-state index is 0.376. The van der Waals surface area contributed by atoms with Gasteiger partial charge in [0.15, 0.2) is 12.6 Å². The van der Waals surface area contributed by atoms with E-state index in [1.165, 1.54) is 44.9 Å². The van der Waals surface area contributed by atoms with Crippen molar-refractivity contribution in [2.75, 3.05) is 0 Å². The van der Waals surface area contributed by atoms with E-state index >= 15 is 0 Å². The number of hydrogen-bond acceptors (Lipinski definition) is 2. The molecule has 0 aliphatic carbocycles. The molecule has 0 amide bonds. The molecule has 1 aromatic rings. The Hall–Kier alpha value is -1.88. The summed E-state index contributed by atoms with van der Waals surface area (Å²) in [5, 5.41) is 0. The highest BCUT2D eigenvalue weighted by atomic mass is 16.1. The van der Waals surface area contributed by atoms with E-state index in [1.807, 2.05) is 0 Å². The van der Waals surface area contributed by atoms with Crippen LogP contribution in [0.1, 0.15) is 91.0 Å². The number of rotatable bonds is 10. The van der Waals surface area contributed by atoms with Crippen LogP contribution in [-0.2, 0) is 0 Å². The van der Waals surface area contributed by atoms with Gasteiger partial charge >= 0.3 is 0 Å². The normalized spacial score (nSPS) is 9.86.